The van der Waals surface area contributed by atoms with Gasteiger partial charge in [0.05, 0.1) is 12.1 Å². The van der Waals surface area contributed by atoms with E-state index in [4.69, 9.17) is 16.3 Å². The average molecular weight is 237 g/mol. The molecule has 16 heavy (non-hydrogen) atoms. The van der Waals surface area contributed by atoms with E-state index in [2.05, 4.69) is 0 Å². The van der Waals surface area contributed by atoms with Crippen molar-refractivity contribution < 1.29 is 9.13 Å². The lowest BCUT2D eigenvalue weighted by molar-refractivity contribution is 0.415. The van der Waals surface area contributed by atoms with Crippen LogP contribution in [0.15, 0.2) is 42.5 Å². The SMILES string of the molecule is COc1cccc(-c2ccc(F)cc2Cl)c1. The van der Waals surface area contributed by atoms with Crippen molar-refractivity contribution in [2.75, 3.05) is 7.11 Å². The highest BCUT2D eigenvalue weighted by molar-refractivity contribution is 6.33. The van der Waals surface area contributed by atoms with Gasteiger partial charge in [0.1, 0.15) is 11.6 Å². The van der Waals surface area contributed by atoms with Crippen LogP contribution in [-0.4, -0.2) is 7.11 Å². The fourth-order valence-corrected chi connectivity index (χ4v) is 1.79. The lowest BCUT2D eigenvalue weighted by atomic mass is 10.1. The number of methoxy groups -OCH3 is 1. The molecule has 0 amide bonds. The molecule has 0 heterocycles. The maximum atomic E-state index is 12.9. The van der Waals surface area contributed by atoms with Crippen molar-refractivity contribution in [2.45, 2.75) is 0 Å². The molecule has 0 aliphatic heterocycles. The molecule has 0 bridgehead atoms. The first kappa shape index (κ1) is 11.0. The van der Waals surface area contributed by atoms with Crippen molar-refractivity contribution in [1.29, 1.82) is 0 Å². The summed E-state index contributed by atoms with van der Waals surface area (Å²) in [6.45, 7) is 0. The minimum absolute atomic E-state index is 0.336. The summed E-state index contributed by atoms with van der Waals surface area (Å²) in [7, 11) is 1.60. The molecule has 0 saturated heterocycles. The van der Waals surface area contributed by atoms with Gasteiger partial charge in [-0.2, -0.15) is 0 Å². The van der Waals surface area contributed by atoms with E-state index in [9.17, 15) is 4.39 Å². The lowest BCUT2D eigenvalue weighted by Gasteiger charge is -2.06. The summed E-state index contributed by atoms with van der Waals surface area (Å²) in [5, 5.41) is 0.397. The molecule has 0 aromatic heterocycles. The molecule has 3 heteroatoms. The van der Waals surface area contributed by atoms with Crippen LogP contribution < -0.4 is 4.74 Å². The van der Waals surface area contributed by atoms with Crippen LogP contribution in [0.1, 0.15) is 0 Å². The molecule has 2 aromatic carbocycles. The predicted molar refractivity (Wildman–Crippen MR) is 63.4 cm³/mol. The summed E-state index contributed by atoms with van der Waals surface area (Å²) in [4.78, 5) is 0. The first-order valence-corrected chi connectivity index (χ1v) is 5.18. The Hall–Kier alpha value is -1.54. The van der Waals surface area contributed by atoms with Gasteiger partial charge in [0.2, 0.25) is 0 Å². The molecule has 82 valence electrons. The Morgan fingerprint density at radius 2 is 1.94 bits per heavy atom. The summed E-state index contributed by atoms with van der Waals surface area (Å²) in [6, 6.07) is 11.8. The second-order valence-corrected chi connectivity index (χ2v) is 3.76. The van der Waals surface area contributed by atoms with Gasteiger partial charge in [0.25, 0.3) is 0 Å². The van der Waals surface area contributed by atoms with E-state index in [1.54, 1.807) is 13.2 Å². The largest absolute Gasteiger partial charge is 0.497 e. The third-order valence-corrected chi connectivity index (χ3v) is 2.62. The van der Waals surface area contributed by atoms with Crippen LogP contribution in [0, 0.1) is 5.82 Å². The van der Waals surface area contributed by atoms with Crippen LogP contribution in [-0.2, 0) is 0 Å². The summed E-state index contributed by atoms with van der Waals surface area (Å²) in [5.41, 5.74) is 1.70. The van der Waals surface area contributed by atoms with Gasteiger partial charge in [-0.15, -0.1) is 0 Å². The highest BCUT2D eigenvalue weighted by Crippen LogP contribution is 2.30. The van der Waals surface area contributed by atoms with Gasteiger partial charge in [-0.1, -0.05) is 23.7 Å². The normalized spacial score (nSPS) is 10.2. The molecule has 0 radical (unpaired) electrons. The summed E-state index contributed by atoms with van der Waals surface area (Å²) >= 11 is 5.98. The topological polar surface area (TPSA) is 9.23 Å². The van der Waals surface area contributed by atoms with Crippen LogP contribution in [0.25, 0.3) is 11.1 Å². The summed E-state index contributed by atoms with van der Waals surface area (Å²) in [6.07, 6.45) is 0. The number of hydrogen-bond donors (Lipinski definition) is 0. The summed E-state index contributed by atoms with van der Waals surface area (Å²) < 4.78 is 18.0. The molecule has 0 aliphatic rings. The van der Waals surface area contributed by atoms with Gasteiger partial charge in [0.15, 0.2) is 0 Å². The Morgan fingerprint density at radius 3 is 2.62 bits per heavy atom. The van der Waals surface area contributed by atoms with Gasteiger partial charge in [-0.3, -0.25) is 0 Å². The Kier molecular flexibility index (Phi) is 3.11. The third-order valence-electron chi connectivity index (χ3n) is 2.31. The van der Waals surface area contributed by atoms with Gasteiger partial charge in [0, 0.05) is 5.56 Å². The fraction of sp³-hybridized carbons (Fsp3) is 0.0769. The molecule has 0 N–H and O–H groups in total. The van der Waals surface area contributed by atoms with Gasteiger partial charge < -0.3 is 4.74 Å². The van der Waals surface area contributed by atoms with E-state index < -0.39 is 0 Å². The molecule has 0 fully saturated rings. The minimum atomic E-state index is -0.336. The van der Waals surface area contributed by atoms with E-state index in [0.29, 0.717) is 5.02 Å². The zero-order valence-corrected chi connectivity index (χ0v) is 9.46. The highest BCUT2D eigenvalue weighted by Gasteiger charge is 2.05. The monoisotopic (exact) mass is 236 g/mol. The highest BCUT2D eigenvalue weighted by atomic mass is 35.5. The third kappa shape index (κ3) is 2.17. The Morgan fingerprint density at radius 1 is 1.12 bits per heavy atom. The van der Waals surface area contributed by atoms with Crippen LogP contribution in [0.3, 0.4) is 0 Å². The van der Waals surface area contributed by atoms with E-state index in [-0.39, 0.29) is 5.82 Å². The van der Waals surface area contributed by atoms with E-state index in [0.717, 1.165) is 16.9 Å². The molecule has 2 rings (SSSR count). The van der Waals surface area contributed by atoms with Crippen LogP contribution >= 0.6 is 11.6 Å². The van der Waals surface area contributed by atoms with Crippen molar-refractivity contribution >= 4 is 11.6 Å². The number of ether oxygens (including phenoxy) is 1. The zero-order valence-electron chi connectivity index (χ0n) is 8.71. The molecule has 0 aliphatic carbocycles. The van der Waals surface area contributed by atoms with Crippen LogP contribution in [0.4, 0.5) is 4.39 Å². The number of rotatable bonds is 2. The zero-order chi connectivity index (χ0) is 11.5. The van der Waals surface area contributed by atoms with Gasteiger partial charge in [-0.05, 0) is 35.9 Å². The standard InChI is InChI=1S/C13H10ClFO/c1-16-11-4-2-3-9(7-11)12-6-5-10(15)8-13(12)14/h2-8H,1H3. The number of benzene rings is 2. The van der Waals surface area contributed by atoms with E-state index in [1.165, 1.54) is 12.1 Å². The molecular weight excluding hydrogens is 227 g/mol. The van der Waals surface area contributed by atoms with Gasteiger partial charge >= 0.3 is 0 Å². The number of hydrogen-bond acceptors (Lipinski definition) is 1. The fourth-order valence-electron chi connectivity index (χ4n) is 1.51. The Balaban J connectivity index is 2.49. The number of halogens is 2. The molecule has 0 unspecified atom stereocenters. The maximum absolute atomic E-state index is 12.9. The Bertz CT molecular complexity index is 511. The molecule has 1 nitrogen and oxygen atoms in total. The molecule has 2 aromatic rings. The average Bonchev–Trinajstić information content (AvgIpc) is 2.29. The van der Waals surface area contributed by atoms with Crippen molar-refractivity contribution in [2.24, 2.45) is 0 Å². The Labute approximate surface area is 98.4 Å². The lowest BCUT2D eigenvalue weighted by Crippen LogP contribution is -1.85. The van der Waals surface area contributed by atoms with E-state index >= 15 is 0 Å². The molecular formula is C13H10ClFO. The minimum Gasteiger partial charge on any atom is -0.497 e. The van der Waals surface area contributed by atoms with Crippen molar-refractivity contribution in [3.63, 3.8) is 0 Å². The van der Waals surface area contributed by atoms with Crippen molar-refractivity contribution in [3.8, 4) is 16.9 Å². The van der Waals surface area contributed by atoms with Crippen LogP contribution in [0.5, 0.6) is 5.75 Å². The second-order valence-electron chi connectivity index (χ2n) is 3.36. The quantitative estimate of drug-likeness (QED) is 0.761. The molecule has 0 spiro atoms. The van der Waals surface area contributed by atoms with Crippen molar-refractivity contribution in [3.05, 3.63) is 53.3 Å². The van der Waals surface area contributed by atoms with Crippen molar-refractivity contribution in [1.82, 2.24) is 0 Å². The smallest absolute Gasteiger partial charge is 0.124 e. The van der Waals surface area contributed by atoms with E-state index in [1.807, 2.05) is 24.3 Å². The van der Waals surface area contributed by atoms with Gasteiger partial charge in [-0.25, -0.2) is 4.39 Å². The van der Waals surface area contributed by atoms with Crippen LogP contribution in [0.2, 0.25) is 5.02 Å². The first-order valence-electron chi connectivity index (χ1n) is 4.80. The summed E-state index contributed by atoms with van der Waals surface area (Å²) in [5.74, 6) is 0.412. The molecule has 0 atom stereocenters. The second kappa shape index (κ2) is 4.54. The molecule has 0 saturated carbocycles. The maximum Gasteiger partial charge on any atom is 0.124 e. The predicted octanol–water partition coefficient (Wildman–Crippen LogP) is 4.15. The first-order chi connectivity index (χ1) is 7.70.